The van der Waals surface area contributed by atoms with Gasteiger partial charge >= 0.3 is 11.9 Å². The molecule has 1 N–H and O–H groups in total. The number of methoxy groups -OCH3 is 1. The summed E-state index contributed by atoms with van der Waals surface area (Å²) in [5.74, 6) is -1.96. The zero-order valence-electron chi connectivity index (χ0n) is 11.8. The molecule has 0 fully saturated rings. The fourth-order valence-corrected chi connectivity index (χ4v) is 2.96. The van der Waals surface area contributed by atoms with E-state index >= 15 is 0 Å². The SMILES string of the molecule is COC(=O)CCCS(=O)(=O)N(C)c1ccccc1C(=O)O. The lowest BCUT2D eigenvalue weighted by atomic mass is 10.2. The van der Waals surface area contributed by atoms with Crippen LogP contribution in [0.1, 0.15) is 23.2 Å². The molecule has 0 aliphatic carbocycles. The summed E-state index contributed by atoms with van der Waals surface area (Å²) in [5.41, 5.74) is -0.0142. The van der Waals surface area contributed by atoms with Gasteiger partial charge in [0.15, 0.2) is 0 Å². The number of carbonyl (C=O) groups excluding carboxylic acids is 1. The van der Waals surface area contributed by atoms with Crippen molar-refractivity contribution in [2.24, 2.45) is 0 Å². The van der Waals surface area contributed by atoms with Gasteiger partial charge in [-0.05, 0) is 18.6 Å². The van der Waals surface area contributed by atoms with Crippen molar-refractivity contribution >= 4 is 27.6 Å². The van der Waals surface area contributed by atoms with E-state index in [4.69, 9.17) is 5.11 Å². The summed E-state index contributed by atoms with van der Waals surface area (Å²) >= 11 is 0. The fraction of sp³-hybridized carbons (Fsp3) is 0.385. The molecule has 1 aromatic carbocycles. The van der Waals surface area contributed by atoms with Gasteiger partial charge in [-0.25, -0.2) is 13.2 Å². The van der Waals surface area contributed by atoms with Crippen LogP contribution in [-0.2, 0) is 19.6 Å². The second-order valence-electron chi connectivity index (χ2n) is 4.29. The molecule has 0 aliphatic heterocycles. The number of hydrogen-bond acceptors (Lipinski definition) is 5. The Bertz CT molecular complexity index is 625. The first kappa shape index (κ1) is 17.0. The van der Waals surface area contributed by atoms with Crippen molar-refractivity contribution in [1.82, 2.24) is 0 Å². The molecule has 0 spiro atoms. The van der Waals surface area contributed by atoms with Crippen LogP contribution in [0.25, 0.3) is 0 Å². The van der Waals surface area contributed by atoms with Crippen LogP contribution >= 0.6 is 0 Å². The Kier molecular flexibility index (Phi) is 5.71. The molecule has 0 unspecified atom stereocenters. The molecule has 0 atom stereocenters. The van der Waals surface area contributed by atoms with Gasteiger partial charge in [-0.15, -0.1) is 0 Å². The molecular formula is C13H17NO6S. The first-order chi connectivity index (χ1) is 9.79. The summed E-state index contributed by atoms with van der Waals surface area (Å²) in [4.78, 5) is 22.1. The number of para-hydroxylation sites is 1. The van der Waals surface area contributed by atoms with Crippen molar-refractivity contribution in [3.63, 3.8) is 0 Å². The predicted molar refractivity (Wildman–Crippen MR) is 76.8 cm³/mol. The van der Waals surface area contributed by atoms with Gasteiger partial charge in [-0.1, -0.05) is 12.1 Å². The standard InChI is InChI=1S/C13H17NO6S/c1-14(11-7-4-3-6-10(11)13(16)17)21(18,19)9-5-8-12(15)20-2/h3-4,6-7H,5,8-9H2,1-2H3,(H,16,17). The van der Waals surface area contributed by atoms with E-state index < -0.39 is 22.0 Å². The minimum Gasteiger partial charge on any atom is -0.478 e. The van der Waals surface area contributed by atoms with Crippen molar-refractivity contribution in [1.29, 1.82) is 0 Å². The maximum absolute atomic E-state index is 12.2. The smallest absolute Gasteiger partial charge is 0.337 e. The van der Waals surface area contributed by atoms with Crippen molar-refractivity contribution in [2.75, 3.05) is 24.2 Å². The van der Waals surface area contributed by atoms with Gasteiger partial charge in [0.25, 0.3) is 0 Å². The molecule has 0 heterocycles. The van der Waals surface area contributed by atoms with E-state index in [9.17, 15) is 18.0 Å². The van der Waals surface area contributed by atoms with Crippen LogP contribution in [0.4, 0.5) is 5.69 Å². The van der Waals surface area contributed by atoms with Gasteiger partial charge in [0.2, 0.25) is 10.0 Å². The Hall–Kier alpha value is -2.09. The summed E-state index contributed by atoms with van der Waals surface area (Å²) in [5, 5.41) is 9.08. The average molecular weight is 315 g/mol. The topological polar surface area (TPSA) is 101 Å². The molecule has 0 bridgehead atoms. The van der Waals surface area contributed by atoms with Crippen molar-refractivity contribution in [3.05, 3.63) is 29.8 Å². The molecular weight excluding hydrogens is 298 g/mol. The molecule has 8 heteroatoms. The highest BCUT2D eigenvalue weighted by Crippen LogP contribution is 2.22. The number of esters is 1. The number of rotatable bonds is 7. The maximum Gasteiger partial charge on any atom is 0.337 e. The van der Waals surface area contributed by atoms with E-state index in [1.54, 1.807) is 6.07 Å². The third-order valence-corrected chi connectivity index (χ3v) is 4.74. The first-order valence-corrected chi connectivity index (χ1v) is 7.76. The number of hydrogen-bond donors (Lipinski definition) is 1. The van der Waals surface area contributed by atoms with Crippen molar-refractivity contribution < 1.29 is 27.9 Å². The minimum absolute atomic E-state index is 0.00977. The second kappa shape index (κ2) is 7.07. The molecule has 0 aliphatic rings. The number of ether oxygens (including phenoxy) is 1. The first-order valence-electron chi connectivity index (χ1n) is 6.15. The van der Waals surface area contributed by atoms with Crippen LogP contribution in [-0.4, -0.2) is 45.4 Å². The van der Waals surface area contributed by atoms with Gasteiger partial charge < -0.3 is 9.84 Å². The normalized spacial score (nSPS) is 11.0. The van der Waals surface area contributed by atoms with E-state index in [1.165, 1.54) is 32.4 Å². The number of aromatic carboxylic acids is 1. The summed E-state index contributed by atoms with van der Waals surface area (Å²) in [6, 6.07) is 5.83. The third kappa shape index (κ3) is 4.45. The Morgan fingerprint density at radius 2 is 1.90 bits per heavy atom. The molecule has 0 amide bonds. The summed E-state index contributed by atoms with van der Waals surface area (Å²) in [7, 11) is -1.20. The fourth-order valence-electron chi connectivity index (χ4n) is 1.72. The number of anilines is 1. The zero-order chi connectivity index (χ0) is 16.0. The van der Waals surface area contributed by atoms with Gasteiger partial charge in [0.1, 0.15) is 0 Å². The van der Waals surface area contributed by atoms with E-state index in [1.807, 2.05) is 0 Å². The molecule has 0 saturated heterocycles. The lowest BCUT2D eigenvalue weighted by Crippen LogP contribution is -2.30. The number of benzene rings is 1. The highest BCUT2D eigenvalue weighted by atomic mass is 32.2. The molecule has 21 heavy (non-hydrogen) atoms. The van der Waals surface area contributed by atoms with Crippen LogP contribution in [0.5, 0.6) is 0 Å². The van der Waals surface area contributed by atoms with Gasteiger partial charge in [0.05, 0.1) is 24.1 Å². The van der Waals surface area contributed by atoms with E-state index in [0.717, 1.165) is 4.31 Å². The predicted octanol–water partition coefficient (Wildman–Crippen LogP) is 1.10. The minimum atomic E-state index is -3.71. The highest BCUT2D eigenvalue weighted by Gasteiger charge is 2.22. The summed E-state index contributed by atoms with van der Waals surface area (Å²) in [6.45, 7) is 0. The van der Waals surface area contributed by atoms with Gasteiger partial charge in [0, 0.05) is 13.5 Å². The summed E-state index contributed by atoms with van der Waals surface area (Å²) in [6.07, 6.45) is 0.0960. The molecule has 0 radical (unpaired) electrons. The maximum atomic E-state index is 12.2. The second-order valence-corrected chi connectivity index (χ2v) is 6.41. The van der Waals surface area contributed by atoms with E-state index in [2.05, 4.69) is 4.74 Å². The molecule has 1 aromatic rings. The van der Waals surface area contributed by atoms with Crippen molar-refractivity contribution in [2.45, 2.75) is 12.8 Å². The van der Waals surface area contributed by atoms with Crippen LogP contribution in [0.2, 0.25) is 0 Å². The Morgan fingerprint density at radius 1 is 1.29 bits per heavy atom. The third-order valence-electron chi connectivity index (χ3n) is 2.90. The van der Waals surface area contributed by atoms with Gasteiger partial charge in [-0.2, -0.15) is 0 Å². The number of carbonyl (C=O) groups is 2. The van der Waals surface area contributed by atoms with Crippen LogP contribution in [0.15, 0.2) is 24.3 Å². The Morgan fingerprint density at radius 3 is 2.48 bits per heavy atom. The van der Waals surface area contributed by atoms with Crippen molar-refractivity contribution in [3.8, 4) is 0 Å². The molecule has 116 valence electrons. The highest BCUT2D eigenvalue weighted by molar-refractivity contribution is 7.92. The molecule has 0 aromatic heterocycles. The Labute approximate surface area is 123 Å². The lowest BCUT2D eigenvalue weighted by molar-refractivity contribution is -0.140. The zero-order valence-corrected chi connectivity index (χ0v) is 12.6. The number of nitrogens with zero attached hydrogens (tertiary/aromatic N) is 1. The lowest BCUT2D eigenvalue weighted by Gasteiger charge is -2.21. The molecule has 7 nitrogen and oxygen atoms in total. The molecule has 0 saturated carbocycles. The van der Waals surface area contributed by atoms with Crippen LogP contribution < -0.4 is 4.31 Å². The number of carboxylic acids is 1. The van der Waals surface area contributed by atoms with Crippen LogP contribution in [0, 0.1) is 0 Å². The summed E-state index contributed by atoms with van der Waals surface area (Å²) < 4.78 is 29.7. The number of sulfonamides is 1. The quantitative estimate of drug-likeness (QED) is 0.756. The number of carboxylic acid groups (broad SMARTS) is 1. The van der Waals surface area contributed by atoms with E-state index in [-0.39, 0.29) is 29.8 Å². The van der Waals surface area contributed by atoms with Crippen LogP contribution in [0.3, 0.4) is 0 Å². The largest absolute Gasteiger partial charge is 0.478 e. The average Bonchev–Trinajstić information content (AvgIpc) is 2.45. The monoisotopic (exact) mass is 315 g/mol. The van der Waals surface area contributed by atoms with E-state index in [0.29, 0.717) is 0 Å². The molecule has 1 rings (SSSR count). The van der Waals surface area contributed by atoms with Gasteiger partial charge in [-0.3, -0.25) is 9.10 Å². The Balaban J connectivity index is 2.89.